The summed E-state index contributed by atoms with van der Waals surface area (Å²) >= 11 is 0. The molecule has 2 unspecified atom stereocenters. The first-order valence-electron chi connectivity index (χ1n) is 6.86. The van der Waals surface area contributed by atoms with Gasteiger partial charge in [0.2, 0.25) is 0 Å². The average molecular weight is 264 g/mol. The summed E-state index contributed by atoms with van der Waals surface area (Å²) in [4.78, 5) is 0. The standard InChI is InChI=1S/C15H20O4/c1-11-2-4-12(5-3-11)19-14-10-15(7-6-13(14)16)17-8-9-18-15/h2-5,13-14,16H,6-10H2,1H3. The predicted octanol–water partition coefficient (Wildman–Crippen LogP) is 2.03. The highest BCUT2D eigenvalue weighted by Gasteiger charge is 2.45. The molecule has 1 aliphatic heterocycles. The van der Waals surface area contributed by atoms with Crippen LogP contribution in [0.1, 0.15) is 24.8 Å². The van der Waals surface area contributed by atoms with E-state index in [1.807, 2.05) is 31.2 Å². The third-order valence-electron chi connectivity index (χ3n) is 3.88. The minimum atomic E-state index is -0.533. The molecule has 0 radical (unpaired) electrons. The maximum absolute atomic E-state index is 10.1. The number of hydrogen-bond acceptors (Lipinski definition) is 4. The van der Waals surface area contributed by atoms with Gasteiger partial charge >= 0.3 is 0 Å². The first-order valence-corrected chi connectivity index (χ1v) is 6.86. The molecule has 1 aromatic carbocycles. The smallest absolute Gasteiger partial charge is 0.172 e. The fourth-order valence-electron chi connectivity index (χ4n) is 2.77. The molecule has 0 bridgehead atoms. The Labute approximate surface area is 113 Å². The van der Waals surface area contributed by atoms with Gasteiger partial charge in [0.25, 0.3) is 0 Å². The fraction of sp³-hybridized carbons (Fsp3) is 0.600. The Kier molecular flexibility index (Phi) is 3.48. The van der Waals surface area contributed by atoms with Crippen LogP contribution in [0.2, 0.25) is 0 Å². The molecule has 0 aromatic heterocycles. The molecule has 0 amide bonds. The van der Waals surface area contributed by atoms with Crippen molar-refractivity contribution in [1.82, 2.24) is 0 Å². The topological polar surface area (TPSA) is 47.9 Å². The number of aryl methyl sites for hydroxylation is 1. The van der Waals surface area contributed by atoms with Crippen molar-refractivity contribution in [2.75, 3.05) is 13.2 Å². The number of aliphatic hydroxyl groups is 1. The van der Waals surface area contributed by atoms with Gasteiger partial charge in [-0.3, -0.25) is 0 Å². The van der Waals surface area contributed by atoms with Gasteiger partial charge in [0.05, 0.1) is 19.3 Å². The van der Waals surface area contributed by atoms with Crippen molar-refractivity contribution in [3.63, 3.8) is 0 Å². The first-order chi connectivity index (χ1) is 9.17. The molecular weight excluding hydrogens is 244 g/mol. The van der Waals surface area contributed by atoms with Crippen LogP contribution in [0.3, 0.4) is 0 Å². The van der Waals surface area contributed by atoms with Gasteiger partial charge in [0.1, 0.15) is 11.9 Å². The number of hydrogen-bond donors (Lipinski definition) is 1. The zero-order valence-corrected chi connectivity index (χ0v) is 11.2. The van der Waals surface area contributed by atoms with E-state index in [-0.39, 0.29) is 6.10 Å². The van der Waals surface area contributed by atoms with Gasteiger partial charge in [-0.2, -0.15) is 0 Å². The highest BCUT2D eigenvalue weighted by molar-refractivity contribution is 5.26. The molecule has 2 atom stereocenters. The average Bonchev–Trinajstić information content (AvgIpc) is 2.85. The zero-order chi connectivity index (χ0) is 13.3. The lowest BCUT2D eigenvalue weighted by Crippen LogP contribution is -2.47. The van der Waals surface area contributed by atoms with Crippen molar-refractivity contribution >= 4 is 0 Å². The van der Waals surface area contributed by atoms with E-state index in [0.717, 1.165) is 12.2 Å². The molecule has 1 spiro atoms. The molecular formula is C15H20O4. The predicted molar refractivity (Wildman–Crippen MR) is 70.1 cm³/mol. The van der Waals surface area contributed by atoms with Gasteiger partial charge in [0, 0.05) is 12.8 Å². The third kappa shape index (κ3) is 2.76. The molecule has 1 aromatic rings. The van der Waals surface area contributed by atoms with E-state index in [1.54, 1.807) is 0 Å². The number of aliphatic hydroxyl groups excluding tert-OH is 1. The Morgan fingerprint density at radius 3 is 2.58 bits per heavy atom. The van der Waals surface area contributed by atoms with E-state index < -0.39 is 11.9 Å². The molecule has 1 N–H and O–H groups in total. The van der Waals surface area contributed by atoms with E-state index in [2.05, 4.69) is 0 Å². The summed E-state index contributed by atoms with van der Waals surface area (Å²) in [6, 6.07) is 7.87. The summed E-state index contributed by atoms with van der Waals surface area (Å²) in [6.45, 7) is 3.30. The molecule has 1 saturated heterocycles. The quantitative estimate of drug-likeness (QED) is 0.888. The Balaban J connectivity index is 1.69. The minimum Gasteiger partial charge on any atom is -0.488 e. The molecule has 1 saturated carbocycles. The van der Waals surface area contributed by atoms with Gasteiger partial charge in [-0.1, -0.05) is 17.7 Å². The van der Waals surface area contributed by atoms with Crippen LogP contribution in [-0.4, -0.2) is 36.3 Å². The molecule has 4 heteroatoms. The summed E-state index contributed by atoms with van der Waals surface area (Å²) < 4.78 is 17.3. The van der Waals surface area contributed by atoms with E-state index >= 15 is 0 Å². The second-order valence-corrected chi connectivity index (χ2v) is 5.39. The van der Waals surface area contributed by atoms with Crippen molar-refractivity contribution in [3.8, 4) is 5.75 Å². The van der Waals surface area contributed by atoms with Gasteiger partial charge in [-0.05, 0) is 25.5 Å². The maximum atomic E-state index is 10.1. The number of benzene rings is 1. The highest BCUT2D eigenvalue weighted by atomic mass is 16.7. The molecule has 4 nitrogen and oxygen atoms in total. The van der Waals surface area contributed by atoms with Crippen molar-refractivity contribution in [3.05, 3.63) is 29.8 Å². The molecule has 3 rings (SSSR count). The monoisotopic (exact) mass is 264 g/mol. The van der Waals surface area contributed by atoms with Gasteiger partial charge in [-0.15, -0.1) is 0 Å². The number of ether oxygens (including phenoxy) is 3. The summed E-state index contributed by atoms with van der Waals surface area (Å²) in [5.41, 5.74) is 1.19. The van der Waals surface area contributed by atoms with Crippen molar-refractivity contribution in [2.24, 2.45) is 0 Å². The SMILES string of the molecule is Cc1ccc(OC2CC3(CCC2O)OCCO3)cc1. The lowest BCUT2D eigenvalue weighted by atomic mass is 9.89. The highest BCUT2D eigenvalue weighted by Crippen LogP contribution is 2.37. The lowest BCUT2D eigenvalue weighted by molar-refractivity contribution is -0.209. The molecule has 2 fully saturated rings. The van der Waals surface area contributed by atoms with E-state index in [9.17, 15) is 5.11 Å². The maximum Gasteiger partial charge on any atom is 0.172 e. The van der Waals surface area contributed by atoms with Crippen LogP contribution in [0.5, 0.6) is 5.75 Å². The first kappa shape index (κ1) is 12.9. The molecule has 1 aliphatic carbocycles. The summed E-state index contributed by atoms with van der Waals surface area (Å²) in [5.74, 6) is 0.249. The Bertz CT molecular complexity index is 422. The van der Waals surface area contributed by atoms with Crippen LogP contribution in [0, 0.1) is 6.92 Å². The van der Waals surface area contributed by atoms with Gasteiger partial charge in [-0.25, -0.2) is 0 Å². The van der Waals surface area contributed by atoms with Crippen molar-refractivity contribution in [1.29, 1.82) is 0 Å². The van der Waals surface area contributed by atoms with Crippen LogP contribution >= 0.6 is 0 Å². The second kappa shape index (κ2) is 5.12. The van der Waals surface area contributed by atoms with Crippen LogP contribution < -0.4 is 4.74 Å². The lowest BCUT2D eigenvalue weighted by Gasteiger charge is -2.38. The summed E-state index contributed by atoms with van der Waals surface area (Å²) in [6.07, 6.45) is 1.25. The Hall–Kier alpha value is -1.10. The minimum absolute atomic E-state index is 0.269. The second-order valence-electron chi connectivity index (χ2n) is 5.39. The molecule has 19 heavy (non-hydrogen) atoms. The van der Waals surface area contributed by atoms with E-state index in [0.29, 0.717) is 26.1 Å². The van der Waals surface area contributed by atoms with Crippen LogP contribution in [0.25, 0.3) is 0 Å². The summed E-state index contributed by atoms with van der Waals surface area (Å²) in [7, 11) is 0. The Morgan fingerprint density at radius 2 is 1.89 bits per heavy atom. The zero-order valence-electron chi connectivity index (χ0n) is 11.2. The summed E-state index contributed by atoms with van der Waals surface area (Å²) in [5, 5.41) is 10.1. The van der Waals surface area contributed by atoms with Crippen LogP contribution in [0.4, 0.5) is 0 Å². The van der Waals surface area contributed by atoms with Crippen LogP contribution in [0.15, 0.2) is 24.3 Å². The largest absolute Gasteiger partial charge is 0.488 e. The van der Waals surface area contributed by atoms with Crippen molar-refractivity contribution < 1.29 is 19.3 Å². The van der Waals surface area contributed by atoms with Gasteiger partial charge < -0.3 is 19.3 Å². The number of rotatable bonds is 2. The van der Waals surface area contributed by atoms with Gasteiger partial charge in [0.15, 0.2) is 5.79 Å². The van der Waals surface area contributed by atoms with E-state index in [1.165, 1.54) is 5.56 Å². The molecule has 1 heterocycles. The van der Waals surface area contributed by atoms with E-state index in [4.69, 9.17) is 14.2 Å². The normalized spacial score (nSPS) is 29.6. The van der Waals surface area contributed by atoms with Crippen molar-refractivity contribution in [2.45, 2.75) is 44.2 Å². The molecule has 104 valence electrons. The molecule has 2 aliphatic rings. The fourth-order valence-corrected chi connectivity index (χ4v) is 2.77. The Morgan fingerprint density at radius 1 is 1.21 bits per heavy atom. The third-order valence-corrected chi connectivity index (χ3v) is 3.88. The van der Waals surface area contributed by atoms with Crippen LogP contribution in [-0.2, 0) is 9.47 Å².